The van der Waals surface area contributed by atoms with Crippen LogP contribution >= 0.6 is 0 Å². The van der Waals surface area contributed by atoms with Crippen molar-refractivity contribution in [1.29, 1.82) is 0 Å². The third kappa shape index (κ3) is 5.92. The fourth-order valence-corrected chi connectivity index (χ4v) is 2.85. The van der Waals surface area contributed by atoms with Crippen molar-refractivity contribution >= 4 is 11.9 Å². The molecule has 1 N–H and O–H groups in total. The second kappa shape index (κ2) is 9.61. The number of amides is 1. The molecule has 0 aliphatic carbocycles. The highest BCUT2D eigenvalue weighted by molar-refractivity contribution is 5.83. The van der Waals surface area contributed by atoms with E-state index < -0.39 is 5.97 Å². The van der Waals surface area contributed by atoms with Crippen LogP contribution in [0.4, 0.5) is 0 Å². The molecule has 5 heteroatoms. The number of hydrogen-bond acceptors (Lipinski definition) is 3. The molecule has 2 aromatic carbocycles. The van der Waals surface area contributed by atoms with Gasteiger partial charge in [-0.1, -0.05) is 49.4 Å². The van der Waals surface area contributed by atoms with Gasteiger partial charge in [-0.15, -0.1) is 0 Å². The summed E-state index contributed by atoms with van der Waals surface area (Å²) >= 11 is 0. The predicted octanol–water partition coefficient (Wildman–Crippen LogP) is 3.03. The minimum absolute atomic E-state index is 0.140. The molecule has 2 aromatic rings. The molecule has 0 fully saturated rings. The van der Waals surface area contributed by atoms with E-state index in [2.05, 4.69) is 0 Å². The van der Waals surface area contributed by atoms with Crippen LogP contribution in [0.1, 0.15) is 18.1 Å². The Labute approximate surface area is 154 Å². The Bertz CT molecular complexity index is 713. The minimum Gasteiger partial charge on any atom is -0.497 e. The number of carbonyl (C=O) groups is 2. The first-order chi connectivity index (χ1) is 12.5. The van der Waals surface area contributed by atoms with Crippen LogP contribution in [0.3, 0.4) is 0 Å². The number of ether oxygens (including phenoxy) is 1. The minimum atomic E-state index is -0.997. The number of carboxylic acid groups (broad SMARTS) is 1. The number of benzene rings is 2. The fraction of sp³-hybridized carbons (Fsp3) is 0.333. The number of nitrogens with zero attached hydrogens (tertiary/aromatic N) is 1. The van der Waals surface area contributed by atoms with E-state index in [1.54, 1.807) is 7.11 Å². The van der Waals surface area contributed by atoms with Crippen LogP contribution in [0.5, 0.6) is 5.75 Å². The summed E-state index contributed by atoms with van der Waals surface area (Å²) in [6.45, 7) is 1.95. The molecule has 0 saturated carbocycles. The molecule has 0 aliphatic heterocycles. The van der Waals surface area contributed by atoms with Gasteiger partial charge in [-0.25, -0.2) is 0 Å². The highest BCUT2D eigenvalue weighted by atomic mass is 16.5. The lowest BCUT2D eigenvalue weighted by Crippen LogP contribution is -2.40. The van der Waals surface area contributed by atoms with Crippen molar-refractivity contribution in [3.05, 3.63) is 65.7 Å². The third-order valence-electron chi connectivity index (χ3n) is 4.27. The summed E-state index contributed by atoms with van der Waals surface area (Å²) in [5.74, 6) is -0.663. The van der Waals surface area contributed by atoms with Gasteiger partial charge in [0.2, 0.25) is 5.91 Å². The van der Waals surface area contributed by atoms with E-state index in [0.29, 0.717) is 19.4 Å². The zero-order valence-corrected chi connectivity index (χ0v) is 15.2. The number of methoxy groups -OCH3 is 1. The molecule has 1 atom stereocenters. The Morgan fingerprint density at radius 1 is 1.04 bits per heavy atom. The van der Waals surface area contributed by atoms with Crippen LogP contribution in [0.25, 0.3) is 0 Å². The summed E-state index contributed by atoms with van der Waals surface area (Å²) < 4.78 is 5.14. The van der Waals surface area contributed by atoms with Crippen LogP contribution in [0.15, 0.2) is 54.6 Å². The summed E-state index contributed by atoms with van der Waals surface area (Å²) in [5.41, 5.74) is 2.10. The van der Waals surface area contributed by atoms with Crippen LogP contribution in [-0.4, -0.2) is 42.1 Å². The molecule has 0 aliphatic rings. The number of carboxylic acids is 1. The quantitative estimate of drug-likeness (QED) is 0.751. The van der Waals surface area contributed by atoms with Crippen LogP contribution in [0, 0.1) is 5.92 Å². The van der Waals surface area contributed by atoms with Crippen LogP contribution in [-0.2, 0) is 22.4 Å². The van der Waals surface area contributed by atoms with E-state index in [4.69, 9.17) is 9.84 Å². The molecule has 1 unspecified atom stereocenters. The summed E-state index contributed by atoms with van der Waals surface area (Å²) in [5, 5.41) is 9.15. The van der Waals surface area contributed by atoms with Crippen molar-refractivity contribution in [1.82, 2.24) is 4.90 Å². The first-order valence-corrected chi connectivity index (χ1v) is 8.67. The first-order valence-electron chi connectivity index (χ1n) is 8.67. The number of carbonyl (C=O) groups excluding carboxylic acids is 1. The Morgan fingerprint density at radius 3 is 2.27 bits per heavy atom. The molecule has 26 heavy (non-hydrogen) atoms. The highest BCUT2D eigenvalue weighted by Gasteiger charge is 2.22. The zero-order valence-electron chi connectivity index (χ0n) is 15.2. The predicted molar refractivity (Wildman–Crippen MR) is 100 cm³/mol. The smallest absolute Gasteiger partial charge is 0.323 e. The molecule has 0 bridgehead atoms. The van der Waals surface area contributed by atoms with Crippen molar-refractivity contribution in [2.24, 2.45) is 5.92 Å². The molecule has 0 spiro atoms. The zero-order chi connectivity index (χ0) is 18.9. The number of aliphatic carboxylic acids is 1. The largest absolute Gasteiger partial charge is 0.497 e. The Balaban J connectivity index is 2.00. The Hall–Kier alpha value is -2.82. The lowest BCUT2D eigenvalue weighted by molar-refractivity contribution is -0.146. The van der Waals surface area contributed by atoms with Gasteiger partial charge in [0, 0.05) is 12.5 Å². The lowest BCUT2D eigenvalue weighted by atomic mass is 9.99. The van der Waals surface area contributed by atoms with Crippen molar-refractivity contribution in [3.8, 4) is 5.75 Å². The summed E-state index contributed by atoms with van der Waals surface area (Å²) in [6, 6.07) is 17.3. The van der Waals surface area contributed by atoms with E-state index in [9.17, 15) is 9.59 Å². The van der Waals surface area contributed by atoms with E-state index in [-0.39, 0.29) is 18.4 Å². The molecule has 1 amide bonds. The van der Waals surface area contributed by atoms with Gasteiger partial charge < -0.3 is 14.7 Å². The molecule has 0 saturated heterocycles. The normalized spacial score (nSPS) is 11.6. The van der Waals surface area contributed by atoms with Crippen LogP contribution in [0.2, 0.25) is 0 Å². The Morgan fingerprint density at radius 2 is 1.69 bits per heavy atom. The Kier molecular flexibility index (Phi) is 7.21. The van der Waals surface area contributed by atoms with E-state index in [1.807, 2.05) is 61.5 Å². The van der Waals surface area contributed by atoms with Crippen LogP contribution < -0.4 is 4.74 Å². The molecule has 2 rings (SSSR count). The van der Waals surface area contributed by atoms with E-state index in [0.717, 1.165) is 16.9 Å². The van der Waals surface area contributed by atoms with E-state index >= 15 is 0 Å². The van der Waals surface area contributed by atoms with Gasteiger partial charge in [-0.3, -0.25) is 9.59 Å². The lowest BCUT2D eigenvalue weighted by Gasteiger charge is -2.24. The number of hydrogen-bond donors (Lipinski definition) is 1. The fourth-order valence-electron chi connectivity index (χ4n) is 2.85. The molecule has 0 radical (unpaired) electrons. The van der Waals surface area contributed by atoms with Gasteiger partial charge in [0.1, 0.15) is 12.3 Å². The van der Waals surface area contributed by atoms with Gasteiger partial charge >= 0.3 is 5.97 Å². The highest BCUT2D eigenvalue weighted by Crippen LogP contribution is 2.16. The van der Waals surface area contributed by atoms with Crippen molar-refractivity contribution in [2.45, 2.75) is 19.8 Å². The van der Waals surface area contributed by atoms with Crippen molar-refractivity contribution in [2.75, 3.05) is 20.2 Å². The van der Waals surface area contributed by atoms with Gasteiger partial charge in [0.25, 0.3) is 0 Å². The second-order valence-electron chi connectivity index (χ2n) is 6.34. The third-order valence-corrected chi connectivity index (χ3v) is 4.27. The number of rotatable bonds is 9. The average molecular weight is 355 g/mol. The monoisotopic (exact) mass is 355 g/mol. The maximum atomic E-state index is 12.8. The van der Waals surface area contributed by atoms with Gasteiger partial charge in [-0.2, -0.15) is 0 Å². The summed E-state index contributed by atoms with van der Waals surface area (Å²) in [4.78, 5) is 25.4. The second-order valence-corrected chi connectivity index (χ2v) is 6.34. The maximum absolute atomic E-state index is 12.8. The molecule has 0 heterocycles. The van der Waals surface area contributed by atoms with Gasteiger partial charge in [0.05, 0.1) is 7.11 Å². The topological polar surface area (TPSA) is 66.8 Å². The molecule has 0 aromatic heterocycles. The van der Waals surface area contributed by atoms with E-state index in [1.165, 1.54) is 4.90 Å². The van der Waals surface area contributed by atoms with Crippen molar-refractivity contribution in [3.63, 3.8) is 0 Å². The standard InChI is InChI=1S/C21H25NO4/c1-16(14-18-8-10-19(26-2)11-9-18)21(25)22(15-20(23)24)13-12-17-6-4-3-5-7-17/h3-11,16H,12-15H2,1-2H3,(H,23,24). The SMILES string of the molecule is COc1ccc(CC(C)C(=O)N(CCc2ccccc2)CC(=O)O)cc1. The molecule has 138 valence electrons. The van der Waals surface area contributed by atoms with Gasteiger partial charge in [-0.05, 0) is 36.1 Å². The molecular formula is C21H25NO4. The molecule has 5 nitrogen and oxygen atoms in total. The maximum Gasteiger partial charge on any atom is 0.323 e. The molecular weight excluding hydrogens is 330 g/mol. The summed E-state index contributed by atoms with van der Waals surface area (Å²) in [6.07, 6.45) is 1.19. The average Bonchev–Trinajstić information content (AvgIpc) is 2.65. The first kappa shape index (κ1) is 19.5. The summed E-state index contributed by atoms with van der Waals surface area (Å²) in [7, 11) is 1.61. The van der Waals surface area contributed by atoms with Gasteiger partial charge in [0.15, 0.2) is 0 Å². The van der Waals surface area contributed by atoms with Crippen molar-refractivity contribution < 1.29 is 19.4 Å².